The minimum Gasteiger partial charge on any atom is -0.312 e. The Morgan fingerprint density at radius 2 is 2.00 bits per heavy atom. The third-order valence-corrected chi connectivity index (χ3v) is 1.87. The average molecular weight is 196 g/mol. The molecule has 1 rings (SSSR count). The molecule has 0 saturated carbocycles. The second kappa shape index (κ2) is 6.54. The Labute approximate surface area is 86.0 Å². The Balaban J connectivity index is 0.00000144. The van der Waals surface area contributed by atoms with Gasteiger partial charge in [-0.15, -0.1) is 24.8 Å². The summed E-state index contributed by atoms with van der Waals surface area (Å²) in [6, 6.07) is 10.5. The lowest BCUT2D eigenvalue weighted by Crippen LogP contribution is -2.15. The van der Waals surface area contributed by atoms with Crippen molar-refractivity contribution in [3.8, 4) is 12.3 Å². The van der Waals surface area contributed by atoms with Crippen molar-refractivity contribution in [2.24, 2.45) is 0 Å². The van der Waals surface area contributed by atoms with Crippen LogP contribution in [0.15, 0.2) is 30.3 Å². The van der Waals surface area contributed by atoms with Crippen LogP contribution in [0, 0.1) is 12.3 Å². The van der Waals surface area contributed by atoms with Crippen LogP contribution in [0.25, 0.3) is 0 Å². The van der Waals surface area contributed by atoms with Gasteiger partial charge in [-0.05, 0) is 12.6 Å². The van der Waals surface area contributed by atoms with Crippen LogP contribution in [0.2, 0.25) is 0 Å². The van der Waals surface area contributed by atoms with Gasteiger partial charge in [0, 0.05) is 12.5 Å². The fourth-order valence-corrected chi connectivity index (χ4v) is 1.19. The highest BCUT2D eigenvalue weighted by Crippen LogP contribution is 2.14. The van der Waals surface area contributed by atoms with Gasteiger partial charge >= 0.3 is 0 Å². The van der Waals surface area contributed by atoms with Crippen LogP contribution in [0.1, 0.15) is 18.0 Å². The molecule has 0 aliphatic heterocycles. The lowest BCUT2D eigenvalue weighted by molar-refractivity contribution is 0.611. The molecule has 0 amide bonds. The third-order valence-electron chi connectivity index (χ3n) is 1.87. The molecule has 2 heteroatoms. The molecule has 0 radical (unpaired) electrons. The first-order valence-corrected chi connectivity index (χ1v) is 4.04. The van der Waals surface area contributed by atoms with E-state index in [1.807, 2.05) is 25.2 Å². The maximum Gasteiger partial charge on any atom is 0.0428 e. The molecule has 0 spiro atoms. The molecule has 1 atom stereocenters. The van der Waals surface area contributed by atoms with Gasteiger partial charge < -0.3 is 5.32 Å². The smallest absolute Gasteiger partial charge is 0.0428 e. The highest BCUT2D eigenvalue weighted by molar-refractivity contribution is 5.85. The second-order valence-electron chi connectivity index (χ2n) is 2.66. The molecule has 1 N–H and O–H groups in total. The Kier molecular flexibility index (Phi) is 6.05. The molecular formula is C11H14ClN. The van der Waals surface area contributed by atoms with E-state index in [9.17, 15) is 0 Å². The normalized spacial score (nSPS) is 11.1. The summed E-state index contributed by atoms with van der Waals surface area (Å²) in [5.74, 6) is 2.65. The molecule has 13 heavy (non-hydrogen) atoms. The largest absolute Gasteiger partial charge is 0.312 e. The van der Waals surface area contributed by atoms with Crippen LogP contribution in [0.4, 0.5) is 0 Å². The topological polar surface area (TPSA) is 12.0 Å². The predicted molar refractivity (Wildman–Crippen MR) is 58.9 cm³/mol. The first kappa shape index (κ1) is 12.0. The van der Waals surface area contributed by atoms with E-state index in [4.69, 9.17) is 6.42 Å². The highest BCUT2D eigenvalue weighted by Gasteiger charge is 2.04. The maximum absolute atomic E-state index is 5.25. The monoisotopic (exact) mass is 195 g/mol. The molecule has 1 aromatic rings. The van der Waals surface area contributed by atoms with E-state index in [0.29, 0.717) is 0 Å². The minimum absolute atomic E-state index is 0. The van der Waals surface area contributed by atoms with Crippen molar-refractivity contribution in [1.29, 1.82) is 0 Å². The van der Waals surface area contributed by atoms with Gasteiger partial charge in [-0.1, -0.05) is 30.3 Å². The highest BCUT2D eigenvalue weighted by atomic mass is 35.5. The van der Waals surface area contributed by atoms with Gasteiger partial charge in [-0.2, -0.15) is 0 Å². The number of halogens is 1. The van der Waals surface area contributed by atoms with E-state index in [1.54, 1.807) is 0 Å². The zero-order valence-corrected chi connectivity index (χ0v) is 8.47. The molecule has 1 nitrogen and oxygen atoms in total. The van der Waals surface area contributed by atoms with E-state index in [1.165, 1.54) is 5.56 Å². The Morgan fingerprint density at radius 1 is 1.38 bits per heavy atom. The number of hydrogen-bond acceptors (Lipinski definition) is 1. The van der Waals surface area contributed by atoms with E-state index < -0.39 is 0 Å². The molecule has 0 aliphatic carbocycles. The maximum atomic E-state index is 5.25. The molecule has 0 saturated heterocycles. The molecule has 1 unspecified atom stereocenters. The first-order valence-electron chi connectivity index (χ1n) is 4.04. The van der Waals surface area contributed by atoms with Crippen molar-refractivity contribution in [3.05, 3.63) is 35.9 Å². The zero-order valence-electron chi connectivity index (χ0n) is 7.66. The van der Waals surface area contributed by atoms with Crippen LogP contribution >= 0.6 is 12.4 Å². The average Bonchev–Trinajstić information content (AvgIpc) is 2.15. The quantitative estimate of drug-likeness (QED) is 0.731. The van der Waals surface area contributed by atoms with Gasteiger partial charge in [0.25, 0.3) is 0 Å². The number of hydrogen-bond donors (Lipinski definition) is 1. The van der Waals surface area contributed by atoms with Gasteiger partial charge in [0.15, 0.2) is 0 Å². The summed E-state index contributed by atoms with van der Waals surface area (Å²) in [6.45, 7) is 0. The van der Waals surface area contributed by atoms with E-state index in [0.717, 1.165) is 6.42 Å². The molecule has 0 fully saturated rings. The standard InChI is InChI=1S/C11H13N.ClH/c1-3-7-11(12-2)10-8-5-4-6-9-10;/h1,4-6,8-9,11-12H,7H2,2H3;1H. The molecule has 0 heterocycles. The molecule has 0 aliphatic rings. The number of nitrogens with one attached hydrogen (secondary N) is 1. The predicted octanol–water partition coefficient (Wildman–Crippen LogP) is 2.39. The van der Waals surface area contributed by atoms with Crippen LogP contribution < -0.4 is 5.32 Å². The summed E-state index contributed by atoms with van der Waals surface area (Å²) in [5.41, 5.74) is 1.25. The van der Waals surface area contributed by atoms with Crippen LogP contribution in [-0.2, 0) is 0 Å². The van der Waals surface area contributed by atoms with E-state index >= 15 is 0 Å². The van der Waals surface area contributed by atoms with Crippen molar-refractivity contribution >= 4 is 12.4 Å². The number of benzene rings is 1. The Hall–Kier alpha value is -0.970. The Bertz CT molecular complexity index is 263. The van der Waals surface area contributed by atoms with Crippen LogP contribution in [0.3, 0.4) is 0 Å². The van der Waals surface area contributed by atoms with E-state index in [2.05, 4.69) is 23.4 Å². The van der Waals surface area contributed by atoms with E-state index in [-0.39, 0.29) is 18.4 Å². The second-order valence-corrected chi connectivity index (χ2v) is 2.66. The molecule has 0 aromatic heterocycles. The van der Waals surface area contributed by atoms with Crippen molar-refractivity contribution < 1.29 is 0 Å². The van der Waals surface area contributed by atoms with Gasteiger partial charge in [-0.25, -0.2) is 0 Å². The fraction of sp³-hybridized carbons (Fsp3) is 0.273. The third kappa shape index (κ3) is 3.50. The SMILES string of the molecule is C#CCC(NC)c1ccccc1.Cl. The minimum atomic E-state index is 0. The van der Waals surface area contributed by atoms with Crippen molar-refractivity contribution in [1.82, 2.24) is 5.32 Å². The lowest BCUT2D eigenvalue weighted by atomic mass is 10.0. The Morgan fingerprint density at radius 3 is 2.46 bits per heavy atom. The molecule has 1 aromatic carbocycles. The summed E-state index contributed by atoms with van der Waals surface area (Å²) in [6.07, 6.45) is 5.99. The first-order chi connectivity index (χ1) is 5.88. The summed E-state index contributed by atoms with van der Waals surface area (Å²) in [7, 11) is 1.93. The molecular weight excluding hydrogens is 182 g/mol. The van der Waals surface area contributed by atoms with Crippen LogP contribution in [0.5, 0.6) is 0 Å². The number of rotatable bonds is 3. The van der Waals surface area contributed by atoms with Gasteiger partial charge in [0.1, 0.15) is 0 Å². The zero-order chi connectivity index (χ0) is 8.81. The summed E-state index contributed by atoms with van der Waals surface area (Å²) in [4.78, 5) is 0. The van der Waals surface area contributed by atoms with Crippen molar-refractivity contribution in [2.45, 2.75) is 12.5 Å². The lowest BCUT2D eigenvalue weighted by Gasteiger charge is -2.12. The number of terminal acetylenes is 1. The van der Waals surface area contributed by atoms with Gasteiger partial charge in [0.2, 0.25) is 0 Å². The van der Waals surface area contributed by atoms with Crippen LogP contribution in [-0.4, -0.2) is 7.05 Å². The van der Waals surface area contributed by atoms with Crippen molar-refractivity contribution in [2.75, 3.05) is 7.05 Å². The van der Waals surface area contributed by atoms with Gasteiger partial charge in [-0.3, -0.25) is 0 Å². The van der Waals surface area contributed by atoms with Crippen molar-refractivity contribution in [3.63, 3.8) is 0 Å². The van der Waals surface area contributed by atoms with Gasteiger partial charge in [0.05, 0.1) is 0 Å². The molecule has 70 valence electrons. The summed E-state index contributed by atoms with van der Waals surface area (Å²) in [5, 5.41) is 3.18. The summed E-state index contributed by atoms with van der Waals surface area (Å²) >= 11 is 0. The molecule has 0 bridgehead atoms. The fourth-order valence-electron chi connectivity index (χ4n) is 1.19. The summed E-state index contributed by atoms with van der Waals surface area (Å²) < 4.78 is 0.